The van der Waals surface area contributed by atoms with Crippen LogP contribution in [0, 0.1) is 0 Å². The van der Waals surface area contributed by atoms with Gasteiger partial charge >= 0.3 is 18.5 Å². The van der Waals surface area contributed by atoms with Crippen LogP contribution in [-0.4, -0.2) is 83.8 Å². The van der Waals surface area contributed by atoms with E-state index >= 15 is 0 Å². The molecular formula is C3H13Al2ClO9. The van der Waals surface area contributed by atoms with Gasteiger partial charge in [0.05, 0.1) is 0 Å². The van der Waals surface area contributed by atoms with E-state index in [1.165, 1.54) is 0 Å². The van der Waals surface area contributed by atoms with Crippen LogP contribution < -0.4 is 0 Å². The van der Waals surface area contributed by atoms with Gasteiger partial charge in [0.1, 0.15) is 0 Å². The van der Waals surface area contributed by atoms with Crippen LogP contribution >= 0.6 is 12.4 Å². The average Bonchev–Trinajstić information content (AvgIpc) is 1.54. The molecule has 0 aliphatic heterocycles. The molecular weight excluding hydrogens is 269 g/mol. The standard InChI is InChI=1S/3CH2O3.2Al.ClH.6H/c3*2-1(3)4;;;;;;;;;/h3*(H2,2,3,4);;;1H;;;;;;. The highest BCUT2D eigenvalue weighted by atomic mass is 35.5. The Kier molecular flexibility index (Phi) is 71.7. The van der Waals surface area contributed by atoms with Gasteiger partial charge in [-0.15, -0.1) is 12.4 Å². The van der Waals surface area contributed by atoms with Gasteiger partial charge in [-0.2, -0.15) is 0 Å². The molecule has 0 heterocycles. The number of hydrogen-bond acceptors (Lipinski definition) is 3. The van der Waals surface area contributed by atoms with Gasteiger partial charge in [0.2, 0.25) is 0 Å². The summed E-state index contributed by atoms with van der Waals surface area (Å²) >= 11 is 0. The maximum absolute atomic E-state index is 8.56. The molecule has 0 aromatic heterocycles. The third kappa shape index (κ3) is 2350. The Balaban J connectivity index is -0.0000000184. The van der Waals surface area contributed by atoms with Crippen LogP contribution in [0.25, 0.3) is 0 Å². The van der Waals surface area contributed by atoms with Gasteiger partial charge in [-0.25, -0.2) is 14.4 Å². The van der Waals surface area contributed by atoms with Gasteiger partial charge in [0, 0.05) is 0 Å². The van der Waals surface area contributed by atoms with Crippen molar-refractivity contribution in [3.63, 3.8) is 0 Å². The van der Waals surface area contributed by atoms with E-state index in [4.69, 9.17) is 45.0 Å². The maximum Gasteiger partial charge on any atom is 0.503 e. The smallest absolute Gasteiger partial charge is 0.450 e. The molecule has 0 atom stereocenters. The second-order valence-electron chi connectivity index (χ2n) is 0.848. The van der Waals surface area contributed by atoms with Crippen LogP contribution in [0.3, 0.4) is 0 Å². The molecule has 9 nitrogen and oxygen atoms in total. The molecule has 0 saturated carbocycles. The molecule has 12 heteroatoms. The zero-order valence-electron chi connectivity index (χ0n) is 5.82. The van der Waals surface area contributed by atoms with Crippen molar-refractivity contribution in [1.29, 1.82) is 0 Å². The fraction of sp³-hybridized carbons (Fsp3) is 0. The highest BCUT2D eigenvalue weighted by molar-refractivity contribution is 5.85. The first kappa shape index (κ1) is 36.8. The third-order valence-corrected chi connectivity index (χ3v) is 0. The lowest BCUT2D eigenvalue weighted by atomic mass is 11.5. The van der Waals surface area contributed by atoms with Crippen LogP contribution in [0.4, 0.5) is 14.4 Å². The van der Waals surface area contributed by atoms with Crippen molar-refractivity contribution in [2.24, 2.45) is 0 Å². The fourth-order valence-corrected chi connectivity index (χ4v) is 0. The summed E-state index contributed by atoms with van der Waals surface area (Å²) in [6, 6.07) is 0. The molecule has 0 aromatic carbocycles. The fourth-order valence-electron chi connectivity index (χ4n) is 0. The molecule has 0 bridgehead atoms. The van der Waals surface area contributed by atoms with Crippen molar-refractivity contribution in [2.45, 2.75) is 0 Å². The highest BCUT2D eigenvalue weighted by Gasteiger charge is 1.70. The van der Waals surface area contributed by atoms with Gasteiger partial charge in [-0.3, -0.25) is 0 Å². The number of halogens is 1. The van der Waals surface area contributed by atoms with Crippen molar-refractivity contribution in [1.82, 2.24) is 0 Å². The Morgan fingerprint density at radius 1 is 0.533 bits per heavy atom. The second-order valence-corrected chi connectivity index (χ2v) is 0.848. The first-order valence-corrected chi connectivity index (χ1v) is 1.95. The Morgan fingerprint density at radius 2 is 0.533 bits per heavy atom. The number of rotatable bonds is 0. The predicted octanol–water partition coefficient (Wildman–Crippen LogP) is -1.28. The molecule has 15 heavy (non-hydrogen) atoms. The minimum atomic E-state index is -1.83. The molecule has 6 N–H and O–H groups in total. The first-order chi connectivity index (χ1) is 5.20. The van der Waals surface area contributed by atoms with Gasteiger partial charge < -0.3 is 30.6 Å². The van der Waals surface area contributed by atoms with Crippen LogP contribution in [-0.2, 0) is 0 Å². The minimum absolute atomic E-state index is 0. The summed E-state index contributed by atoms with van der Waals surface area (Å²) in [6.07, 6.45) is -5.50. The zero-order valence-corrected chi connectivity index (χ0v) is 6.63. The number of hydrogen-bond donors (Lipinski definition) is 6. The topological polar surface area (TPSA) is 173 Å². The largest absolute Gasteiger partial charge is 0.503 e. The van der Waals surface area contributed by atoms with E-state index in [9.17, 15) is 0 Å². The normalized spacial score (nSPS) is 4.80. The Labute approximate surface area is 111 Å². The SMILES string of the molecule is Cl.O=C(O)O.O=C(O)O.O=C(O)O.[AlH3].[AlH3]. The molecule has 0 saturated heterocycles. The average molecular weight is 283 g/mol. The summed E-state index contributed by atoms with van der Waals surface area (Å²) in [5.74, 6) is 0. The molecule has 0 aliphatic carbocycles. The summed E-state index contributed by atoms with van der Waals surface area (Å²) < 4.78 is 0. The van der Waals surface area contributed by atoms with Gasteiger partial charge in [0.25, 0.3) is 0 Å². The Bertz CT molecular complexity index is 121. The Morgan fingerprint density at radius 3 is 0.533 bits per heavy atom. The molecule has 92 valence electrons. The van der Waals surface area contributed by atoms with Crippen LogP contribution in [0.2, 0.25) is 0 Å². The van der Waals surface area contributed by atoms with Crippen molar-refractivity contribution in [2.75, 3.05) is 0 Å². The lowest BCUT2D eigenvalue weighted by molar-refractivity contribution is 0.135. The summed E-state index contributed by atoms with van der Waals surface area (Å²) in [5.41, 5.74) is 0. The molecule has 0 rings (SSSR count). The van der Waals surface area contributed by atoms with E-state index in [2.05, 4.69) is 0 Å². The first-order valence-electron chi connectivity index (χ1n) is 1.95. The molecule has 0 spiro atoms. The van der Waals surface area contributed by atoms with Crippen LogP contribution in [0.15, 0.2) is 0 Å². The molecule has 0 amide bonds. The quantitative estimate of drug-likeness (QED) is 0.296. The third-order valence-electron chi connectivity index (χ3n) is 0. The van der Waals surface area contributed by atoms with E-state index in [-0.39, 0.29) is 47.1 Å². The summed E-state index contributed by atoms with van der Waals surface area (Å²) in [6.45, 7) is 0. The van der Waals surface area contributed by atoms with Crippen molar-refractivity contribution >= 4 is 65.6 Å². The van der Waals surface area contributed by atoms with Crippen molar-refractivity contribution in [3.05, 3.63) is 0 Å². The number of carbonyl (C=O) groups is 3. The lowest BCUT2D eigenvalue weighted by Gasteiger charge is -1.60. The second kappa shape index (κ2) is 29.2. The van der Waals surface area contributed by atoms with E-state index in [0.717, 1.165) is 0 Å². The molecule has 0 unspecified atom stereocenters. The van der Waals surface area contributed by atoms with E-state index in [1.54, 1.807) is 0 Å². The predicted molar refractivity (Wildman–Crippen MR) is 59.1 cm³/mol. The molecule has 0 aliphatic rings. The summed E-state index contributed by atoms with van der Waals surface area (Å²) in [4.78, 5) is 25.7. The maximum atomic E-state index is 8.56. The minimum Gasteiger partial charge on any atom is -0.450 e. The van der Waals surface area contributed by atoms with Gasteiger partial charge in [0.15, 0.2) is 34.7 Å². The summed E-state index contributed by atoms with van der Waals surface area (Å²) in [7, 11) is 0. The molecule has 0 aromatic rings. The highest BCUT2D eigenvalue weighted by Crippen LogP contribution is 1.43. The van der Waals surface area contributed by atoms with Crippen LogP contribution in [0.1, 0.15) is 0 Å². The monoisotopic (exact) mass is 282 g/mol. The van der Waals surface area contributed by atoms with Gasteiger partial charge in [-0.05, 0) is 0 Å². The molecule has 0 radical (unpaired) electrons. The zero-order chi connectivity index (χ0) is 10.7. The summed E-state index contributed by atoms with van der Waals surface area (Å²) in [5, 5.41) is 41.8. The van der Waals surface area contributed by atoms with Crippen LogP contribution in [0.5, 0.6) is 0 Å². The number of carboxylic acid groups (broad SMARTS) is 6. The van der Waals surface area contributed by atoms with E-state index < -0.39 is 18.5 Å². The lowest BCUT2D eigenvalue weighted by Crippen LogP contribution is -1.81. The van der Waals surface area contributed by atoms with E-state index in [0.29, 0.717) is 0 Å². The molecule has 0 fully saturated rings. The van der Waals surface area contributed by atoms with Crippen molar-refractivity contribution in [3.8, 4) is 0 Å². The van der Waals surface area contributed by atoms with E-state index in [1.807, 2.05) is 0 Å². The Hall–Kier alpha value is -0.835. The van der Waals surface area contributed by atoms with Crippen molar-refractivity contribution < 1.29 is 45.0 Å². The van der Waals surface area contributed by atoms with Gasteiger partial charge in [-0.1, -0.05) is 0 Å².